The van der Waals surface area contributed by atoms with Crippen molar-refractivity contribution in [1.82, 2.24) is 5.17 Å². The molecule has 0 aliphatic carbocycles. The first-order chi connectivity index (χ1) is 4.35. The Balaban J connectivity index is 3.20. The second-order valence-corrected chi connectivity index (χ2v) is 1.69. The lowest BCUT2D eigenvalue weighted by molar-refractivity contribution is -0.132. The minimum Gasteiger partial charge on any atom is -0.257 e. The zero-order valence-electron chi connectivity index (χ0n) is 5.83. The maximum Gasteiger partial charge on any atom is 0.0789 e. The molecule has 0 aromatic rings. The number of hydroxylamine groups is 1. The molecule has 0 spiro atoms. The van der Waals surface area contributed by atoms with E-state index in [1.807, 2.05) is 6.92 Å². The standard InChI is InChI=1S/C5H12N2O2/c1-3-4-5-7(6-8)9-2/h3-5H2,1-2H3. The van der Waals surface area contributed by atoms with E-state index in [2.05, 4.69) is 10.1 Å². The van der Waals surface area contributed by atoms with E-state index < -0.39 is 0 Å². The molecule has 0 saturated carbocycles. The molecule has 0 bridgehead atoms. The van der Waals surface area contributed by atoms with Crippen LogP contribution in [0.15, 0.2) is 5.29 Å². The molecule has 54 valence electrons. The van der Waals surface area contributed by atoms with Gasteiger partial charge in [-0.25, -0.2) is 0 Å². The van der Waals surface area contributed by atoms with Crippen molar-refractivity contribution in [3.05, 3.63) is 4.91 Å². The first-order valence-corrected chi connectivity index (χ1v) is 3.00. The molecule has 0 unspecified atom stereocenters. The summed E-state index contributed by atoms with van der Waals surface area (Å²) in [7, 11) is 1.43. The van der Waals surface area contributed by atoms with Gasteiger partial charge in [-0.2, -0.15) is 0 Å². The largest absolute Gasteiger partial charge is 0.257 e. The summed E-state index contributed by atoms with van der Waals surface area (Å²) in [5.41, 5.74) is 0. The van der Waals surface area contributed by atoms with Gasteiger partial charge in [0.2, 0.25) is 0 Å². The third-order valence-electron chi connectivity index (χ3n) is 1.00. The van der Waals surface area contributed by atoms with Gasteiger partial charge in [0.05, 0.1) is 18.9 Å². The van der Waals surface area contributed by atoms with Gasteiger partial charge in [0.1, 0.15) is 0 Å². The lowest BCUT2D eigenvalue weighted by Crippen LogP contribution is -2.15. The zero-order valence-corrected chi connectivity index (χ0v) is 5.83. The summed E-state index contributed by atoms with van der Waals surface area (Å²) in [6.07, 6.45) is 1.97. The van der Waals surface area contributed by atoms with Crippen LogP contribution < -0.4 is 0 Å². The van der Waals surface area contributed by atoms with Gasteiger partial charge in [0.25, 0.3) is 0 Å². The molecule has 0 aromatic carbocycles. The molecule has 0 aliphatic rings. The Morgan fingerprint density at radius 3 is 2.67 bits per heavy atom. The van der Waals surface area contributed by atoms with E-state index in [-0.39, 0.29) is 0 Å². The topological polar surface area (TPSA) is 41.9 Å². The fraction of sp³-hybridized carbons (Fsp3) is 1.00. The Labute approximate surface area is 54.7 Å². The van der Waals surface area contributed by atoms with E-state index in [1.165, 1.54) is 7.11 Å². The first-order valence-electron chi connectivity index (χ1n) is 3.00. The molecule has 0 heterocycles. The SMILES string of the molecule is CCCCN(N=O)OC. The predicted octanol–water partition coefficient (Wildman–Crippen LogP) is 1.33. The maximum absolute atomic E-state index is 9.79. The normalized spacial score (nSPS) is 9.11. The molecular formula is C5H12N2O2. The van der Waals surface area contributed by atoms with Crippen LogP contribution in [0.1, 0.15) is 19.8 Å². The Bertz CT molecular complexity index is 77.4. The van der Waals surface area contributed by atoms with Gasteiger partial charge in [-0.05, 0) is 6.42 Å². The molecule has 0 aliphatic heterocycles. The van der Waals surface area contributed by atoms with Crippen molar-refractivity contribution >= 4 is 0 Å². The van der Waals surface area contributed by atoms with Gasteiger partial charge >= 0.3 is 0 Å². The van der Waals surface area contributed by atoms with E-state index in [9.17, 15) is 4.91 Å². The molecule has 0 rings (SSSR count). The number of hydrogen-bond donors (Lipinski definition) is 0. The fourth-order valence-corrected chi connectivity index (χ4v) is 0.459. The summed E-state index contributed by atoms with van der Waals surface area (Å²) in [6.45, 7) is 2.62. The highest BCUT2D eigenvalue weighted by Crippen LogP contribution is 1.93. The van der Waals surface area contributed by atoms with Crippen LogP contribution in [0.3, 0.4) is 0 Å². The van der Waals surface area contributed by atoms with Crippen molar-refractivity contribution in [2.24, 2.45) is 5.29 Å². The van der Waals surface area contributed by atoms with Crippen molar-refractivity contribution < 1.29 is 4.84 Å². The highest BCUT2D eigenvalue weighted by molar-refractivity contribution is 4.36. The highest BCUT2D eigenvalue weighted by atomic mass is 16.7. The molecule has 0 atom stereocenters. The van der Waals surface area contributed by atoms with Crippen LogP contribution in [-0.2, 0) is 4.84 Å². The second kappa shape index (κ2) is 5.50. The van der Waals surface area contributed by atoms with Gasteiger partial charge in [-0.1, -0.05) is 13.3 Å². The molecule has 9 heavy (non-hydrogen) atoms. The van der Waals surface area contributed by atoms with Crippen molar-refractivity contribution in [1.29, 1.82) is 0 Å². The lowest BCUT2D eigenvalue weighted by Gasteiger charge is -2.09. The summed E-state index contributed by atoms with van der Waals surface area (Å²) in [5, 5.41) is 3.64. The van der Waals surface area contributed by atoms with Crippen LogP contribution >= 0.6 is 0 Å². The molecule has 0 aromatic heterocycles. The summed E-state index contributed by atoms with van der Waals surface area (Å²) in [6, 6.07) is 0. The summed E-state index contributed by atoms with van der Waals surface area (Å²) < 4.78 is 0. The van der Waals surface area contributed by atoms with Crippen LogP contribution in [0.4, 0.5) is 0 Å². The van der Waals surface area contributed by atoms with E-state index in [0.29, 0.717) is 6.54 Å². The number of nitrogens with zero attached hydrogens (tertiary/aromatic N) is 2. The number of hydrogen-bond acceptors (Lipinski definition) is 3. The van der Waals surface area contributed by atoms with Crippen LogP contribution in [0.5, 0.6) is 0 Å². The van der Waals surface area contributed by atoms with Gasteiger partial charge in [0.15, 0.2) is 0 Å². The second-order valence-electron chi connectivity index (χ2n) is 1.69. The van der Waals surface area contributed by atoms with Crippen molar-refractivity contribution in [2.75, 3.05) is 13.7 Å². The molecule has 0 saturated heterocycles. The quantitative estimate of drug-likeness (QED) is 0.418. The van der Waals surface area contributed by atoms with Crippen LogP contribution in [0, 0.1) is 4.91 Å². The Morgan fingerprint density at radius 1 is 1.67 bits per heavy atom. The van der Waals surface area contributed by atoms with Crippen LogP contribution in [0.25, 0.3) is 0 Å². The van der Waals surface area contributed by atoms with E-state index in [0.717, 1.165) is 18.0 Å². The molecule has 4 heteroatoms. The van der Waals surface area contributed by atoms with Crippen molar-refractivity contribution in [2.45, 2.75) is 19.8 Å². The lowest BCUT2D eigenvalue weighted by atomic mass is 10.3. The summed E-state index contributed by atoms with van der Waals surface area (Å²) in [5.74, 6) is 0. The molecule has 0 amide bonds. The average molecular weight is 132 g/mol. The van der Waals surface area contributed by atoms with Crippen LogP contribution in [-0.4, -0.2) is 18.8 Å². The van der Waals surface area contributed by atoms with E-state index >= 15 is 0 Å². The Hall–Kier alpha value is -0.640. The number of nitroso groups, excluding NO2 is 1. The minimum absolute atomic E-state index is 0.580. The molecule has 0 N–H and O–H groups in total. The minimum atomic E-state index is 0.580. The van der Waals surface area contributed by atoms with Gasteiger partial charge in [-0.3, -0.25) is 4.84 Å². The zero-order chi connectivity index (χ0) is 7.11. The van der Waals surface area contributed by atoms with Crippen molar-refractivity contribution in [3.8, 4) is 0 Å². The third-order valence-corrected chi connectivity index (χ3v) is 1.00. The fourth-order valence-electron chi connectivity index (χ4n) is 0.459. The molecule has 4 nitrogen and oxygen atoms in total. The summed E-state index contributed by atoms with van der Waals surface area (Å²) in [4.78, 5) is 14.3. The monoisotopic (exact) mass is 132 g/mol. The number of unbranched alkanes of at least 4 members (excludes halogenated alkanes) is 1. The molecule has 0 fully saturated rings. The van der Waals surface area contributed by atoms with Gasteiger partial charge in [0, 0.05) is 0 Å². The summed E-state index contributed by atoms with van der Waals surface area (Å²) >= 11 is 0. The number of rotatable bonds is 5. The van der Waals surface area contributed by atoms with Gasteiger partial charge in [-0.15, -0.1) is 10.1 Å². The van der Waals surface area contributed by atoms with Crippen molar-refractivity contribution in [3.63, 3.8) is 0 Å². The Kier molecular flexibility index (Phi) is 5.11. The molecular weight excluding hydrogens is 120 g/mol. The Morgan fingerprint density at radius 2 is 2.33 bits per heavy atom. The smallest absolute Gasteiger partial charge is 0.0789 e. The highest BCUT2D eigenvalue weighted by Gasteiger charge is 1.96. The van der Waals surface area contributed by atoms with Gasteiger partial charge < -0.3 is 0 Å². The first kappa shape index (κ1) is 8.36. The average Bonchev–Trinajstić information content (AvgIpc) is 1.91. The maximum atomic E-state index is 9.79. The third kappa shape index (κ3) is 3.90. The van der Waals surface area contributed by atoms with Crippen LogP contribution in [0.2, 0.25) is 0 Å². The van der Waals surface area contributed by atoms with E-state index in [4.69, 9.17) is 0 Å². The van der Waals surface area contributed by atoms with E-state index in [1.54, 1.807) is 0 Å². The predicted molar refractivity (Wildman–Crippen MR) is 34.4 cm³/mol. The molecule has 0 radical (unpaired) electrons.